The number of anilines is 2. The highest BCUT2D eigenvalue weighted by molar-refractivity contribution is 6.10. The van der Waals surface area contributed by atoms with Crippen LogP contribution in [0.5, 0.6) is 0 Å². The van der Waals surface area contributed by atoms with Crippen LogP contribution in [0.2, 0.25) is 0 Å². The molecule has 0 radical (unpaired) electrons. The number of rotatable bonds is 6. The Bertz CT molecular complexity index is 2880. The molecule has 0 amide bonds. The summed E-state index contributed by atoms with van der Waals surface area (Å²) in [6, 6.07) is 73.9. The number of aryl methyl sites for hydroxylation is 1. The van der Waals surface area contributed by atoms with E-state index in [1.807, 2.05) is 0 Å². The maximum Gasteiger partial charge on any atom is 0.0714 e. The standard InChI is InChI=1S/C53H38N2/c1-4-18-39(19-5-1)53(40-20-6-2-7-21-40)49-26-14-12-24-45(49)46-32-30-43(35-50(46)53)54(42-29-28-37-16-10-11-17-38(37)34-42)44-31-33-48-47-25-13-15-27-51(47)55(52(48)36-44)41-22-8-3-9-23-41/h1-27,30-36H,28-29H2. The van der Waals surface area contributed by atoms with E-state index >= 15 is 0 Å². The van der Waals surface area contributed by atoms with Crippen molar-refractivity contribution < 1.29 is 0 Å². The summed E-state index contributed by atoms with van der Waals surface area (Å²) in [5, 5.41) is 2.51. The molecule has 0 spiro atoms. The number of para-hydroxylation sites is 2. The highest BCUT2D eigenvalue weighted by Crippen LogP contribution is 2.57. The van der Waals surface area contributed by atoms with Gasteiger partial charge in [-0.05, 0) is 106 Å². The lowest BCUT2D eigenvalue weighted by Crippen LogP contribution is -2.29. The third kappa shape index (κ3) is 4.81. The Balaban J connectivity index is 1.19. The van der Waals surface area contributed by atoms with E-state index in [1.54, 1.807) is 0 Å². The Kier molecular flexibility index (Phi) is 7.25. The lowest BCUT2D eigenvalue weighted by atomic mass is 9.67. The number of hydrogen-bond acceptors (Lipinski definition) is 1. The van der Waals surface area contributed by atoms with Crippen molar-refractivity contribution in [2.24, 2.45) is 0 Å². The van der Waals surface area contributed by atoms with E-state index in [0.717, 1.165) is 29.9 Å². The van der Waals surface area contributed by atoms with E-state index in [0.29, 0.717) is 0 Å². The van der Waals surface area contributed by atoms with Crippen LogP contribution in [-0.4, -0.2) is 4.57 Å². The van der Waals surface area contributed by atoms with Gasteiger partial charge in [0.05, 0.1) is 16.4 Å². The molecule has 260 valence electrons. The molecule has 0 aliphatic heterocycles. The molecule has 55 heavy (non-hydrogen) atoms. The Morgan fingerprint density at radius 3 is 1.84 bits per heavy atom. The van der Waals surface area contributed by atoms with E-state index in [1.165, 1.54) is 72.0 Å². The number of fused-ring (bicyclic) bond motifs is 7. The largest absolute Gasteiger partial charge is 0.314 e. The van der Waals surface area contributed by atoms with Gasteiger partial charge in [-0.3, -0.25) is 0 Å². The Hall–Kier alpha value is -6.90. The smallest absolute Gasteiger partial charge is 0.0714 e. The molecule has 2 nitrogen and oxygen atoms in total. The SMILES string of the molecule is C1=C(N(c2ccc3c(c2)C(c2ccccc2)(c2ccccc2)c2ccccc2-3)c2ccc3c4ccccc4n(-c4ccccc4)c3c2)CCc2ccccc21. The highest BCUT2D eigenvalue weighted by atomic mass is 15.2. The molecule has 0 saturated carbocycles. The molecule has 2 aliphatic rings. The zero-order valence-corrected chi connectivity index (χ0v) is 30.4. The zero-order valence-electron chi connectivity index (χ0n) is 30.4. The van der Waals surface area contributed by atoms with Crippen molar-refractivity contribution in [3.63, 3.8) is 0 Å². The topological polar surface area (TPSA) is 8.17 Å². The third-order valence-electron chi connectivity index (χ3n) is 11.9. The third-order valence-corrected chi connectivity index (χ3v) is 11.9. The van der Waals surface area contributed by atoms with Gasteiger partial charge in [0.2, 0.25) is 0 Å². The van der Waals surface area contributed by atoms with Gasteiger partial charge in [-0.2, -0.15) is 0 Å². The average molecular weight is 703 g/mol. The fourth-order valence-electron chi connectivity index (χ4n) is 9.60. The summed E-state index contributed by atoms with van der Waals surface area (Å²) in [7, 11) is 0. The van der Waals surface area contributed by atoms with E-state index in [4.69, 9.17) is 0 Å². The number of aromatic nitrogens is 1. The minimum atomic E-state index is -0.479. The Morgan fingerprint density at radius 2 is 1.04 bits per heavy atom. The van der Waals surface area contributed by atoms with Crippen molar-refractivity contribution in [3.8, 4) is 16.8 Å². The first-order chi connectivity index (χ1) is 27.3. The summed E-state index contributed by atoms with van der Waals surface area (Å²) in [6.45, 7) is 0. The van der Waals surface area contributed by atoms with Gasteiger partial charge in [0.1, 0.15) is 0 Å². The van der Waals surface area contributed by atoms with Crippen molar-refractivity contribution in [1.82, 2.24) is 4.57 Å². The van der Waals surface area contributed by atoms with Gasteiger partial charge in [-0.25, -0.2) is 0 Å². The van der Waals surface area contributed by atoms with Gasteiger partial charge in [-0.15, -0.1) is 0 Å². The maximum absolute atomic E-state index is 2.53. The lowest BCUT2D eigenvalue weighted by Gasteiger charge is -2.35. The molecule has 0 fully saturated rings. The van der Waals surface area contributed by atoms with E-state index in [9.17, 15) is 0 Å². The Labute approximate surface area is 321 Å². The molecule has 0 unspecified atom stereocenters. The maximum atomic E-state index is 2.53. The van der Waals surface area contributed by atoms with Gasteiger partial charge in [0.15, 0.2) is 0 Å². The molecule has 11 rings (SSSR count). The minimum absolute atomic E-state index is 0.479. The van der Waals surface area contributed by atoms with Crippen LogP contribution in [0.25, 0.3) is 44.7 Å². The van der Waals surface area contributed by atoms with Crippen LogP contribution in [0.4, 0.5) is 11.4 Å². The van der Waals surface area contributed by atoms with Gasteiger partial charge < -0.3 is 9.47 Å². The molecule has 1 heterocycles. The van der Waals surface area contributed by atoms with Gasteiger partial charge in [0, 0.05) is 33.5 Å². The molecular formula is C53H38N2. The van der Waals surface area contributed by atoms with Crippen molar-refractivity contribution in [2.45, 2.75) is 18.3 Å². The summed E-state index contributed by atoms with van der Waals surface area (Å²) in [5.74, 6) is 0. The average Bonchev–Trinajstić information content (AvgIpc) is 3.75. The van der Waals surface area contributed by atoms with Crippen molar-refractivity contribution in [1.29, 1.82) is 0 Å². The molecule has 0 saturated heterocycles. The van der Waals surface area contributed by atoms with Crippen molar-refractivity contribution in [3.05, 3.63) is 239 Å². The van der Waals surface area contributed by atoms with Crippen LogP contribution in [0.1, 0.15) is 39.8 Å². The molecule has 2 heteroatoms. The van der Waals surface area contributed by atoms with Crippen LogP contribution >= 0.6 is 0 Å². The van der Waals surface area contributed by atoms with Crippen LogP contribution in [0.15, 0.2) is 206 Å². The second-order valence-corrected chi connectivity index (χ2v) is 14.8. The molecule has 2 aliphatic carbocycles. The summed E-state index contributed by atoms with van der Waals surface area (Å²) in [4.78, 5) is 2.53. The molecule has 1 aromatic heterocycles. The predicted octanol–water partition coefficient (Wildman–Crippen LogP) is 13.3. The second kappa shape index (κ2) is 12.6. The molecule has 9 aromatic rings. The van der Waals surface area contributed by atoms with Crippen LogP contribution in [0.3, 0.4) is 0 Å². The van der Waals surface area contributed by atoms with Gasteiger partial charge in [-0.1, -0.05) is 158 Å². The number of allylic oxidation sites excluding steroid dienone is 1. The molecule has 0 N–H and O–H groups in total. The minimum Gasteiger partial charge on any atom is -0.314 e. The van der Waals surface area contributed by atoms with Crippen LogP contribution < -0.4 is 4.90 Å². The molecule has 0 atom stereocenters. The monoisotopic (exact) mass is 702 g/mol. The summed E-state index contributed by atoms with van der Waals surface area (Å²) in [5.41, 5.74) is 17.2. The number of hydrogen-bond donors (Lipinski definition) is 0. The van der Waals surface area contributed by atoms with Crippen LogP contribution in [-0.2, 0) is 11.8 Å². The number of benzene rings is 8. The normalized spacial score (nSPS) is 13.9. The zero-order chi connectivity index (χ0) is 36.3. The summed E-state index contributed by atoms with van der Waals surface area (Å²) in [6.07, 6.45) is 4.36. The summed E-state index contributed by atoms with van der Waals surface area (Å²) >= 11 is 0. The second-order valence-electron chi connectivity index (χ2n) is 14.8. The molecule has 0 bridgehead atoms. The van der Waals surface area contributed by atoms with E-state index in [-0.39, 0.29) is 0 Å². The number of nitrogens with zero attached hydrogens (tertiary/aromatic N) is 2. The fourth-order valence-corrected chi connectivity index (χ4v) is 9.60. The van der Waals surface area contributed by atoms with Crippen LogP contribution in [0, 0.1) is 0 Å². The highest BCUT2D eigenvalue weighted by Gasteiger charge is 2.46. The fraction of sp³-hybridized carbons (Fsp3) is 0.0566. The van der Waals surface area contributed by atoms with Gasteiger partial charge in [0.25, 0.3) is 0 Å². The predicted molar refractivity (Wildman–Crippen MR) is 229 cm³/mol. The summed E-state index contributed by atoms with van der Waals surface area (Å²) < 4.78 is 2.42. The molecule has 8 aromatic carbocycles. The lowest BCUT2D eigenvalue weighted by molar-refractivity contribution is 0.768. The molecular weight excluding hydrogens is 665 g/mol. The first kappa shape index (κ1) is 31.6. The van der Waals surface area contributed by atoms with E-state index in [2.05, 4.69) is 216 Å². The Morgan fingerprint density at radius 1 is 0.436 bits per heavy atom. The van der Waals surface area contributed by atoms with Gasteiger partial charge >= 0.3 is 0 Å². The quantitative estimate of drug-likeness (QED) is 0.167. The first-order valence-corrected chi connectivity index (χ1v) is 19.3. The van der Waals surface area contributed by atoms with Crippen molar-refractivity contribution >= 4 is 39.3 Å². The first-order valence-electron chi connectivity index (χ1n) is 19.3. The van der Waals surface area contributed by atoms with Crippen molar-refractivity contribution in [2.75, 3.05) is 4.90 Å². The van der Waals surface area contributed by atoms with E-state index < -0.39 is 5.41 Å².